The van der Waals surface area contributed by atoms with Crippen LogP contribution in [-0.4, -0.2) is 84.8 Å². The van der Waals surface area contributed by atoms with Gasteiger partial charge in [0.05, 0.1) is 52.9 Å². The van der Waals surface area contributed by atoms with Crippen molar-refractivity contribution in [2.24, 2.45) is 0 Å². The van der Waals surface area contributed by atoms with Crippen LogP contribution in [0, 0.1) is 0 Å². The van der Waals surface area contributed by atoms with Crippen molar-refractivity contribution >= 4 is 0 Å². The van der Waals surface area contributed by atoms with Gasteiger partial charge < -0.3 is 52.8 Å². The van der Waals surface area contributed by atoms with Crippen LogP contribution >= 0.6 is 0 Å². The molecule has 0 bridgehead atoms. The summed E-state index contributed by atoms with van der Waals surface area (Å²) in [6, 6.07) is 58.8. The van der Waals surface area contributed by atoms with Gasteiger partial charge in [0.15, 0.2) is 12.6 Å². The number of hydrogen-bond donors (Lipinski definition) is 2. The average molecular weight is 883 g/mol. The molecule has 6 aromatic carbocycles. The molecule has 0 saturated carbocycles. The molecule has 65 heavy (non-hydrogen) atoms. The molecule has 2 aliphatic heterocycles. The number of rotatable bonds is 22. The summed E-state index contributed by atoms with van der Waals surface area (Å²) in [5, 5.41) is 22.9. The molecule has 2 aliphatic rings. The Hall–Kier alpha value is -5.12. The lowest BCUT2D eigenvalue weighted by Crippen LogP contribution is -2.66. The zero-order chi connectivity index (χ0) is 44.5. The molecule has 8 rings (SSSR count). The lowest BCUT2D eigenvalue weighted by molar-refractivity contribution is -0.373. The van der Waals surface area contributed by atoms with E-state index in [4.69, 9.17) is 42.6 Å². The van der Waals surface area contributed by atoms with Crippen LogP contribution in [-0.2, 0) is 82.3 Å². The van der Waals surface area contributed by atoms with Gasteiger partial charge in [-0.3, -0.25) is 0 Å². The Morgan fingerprint density at radius 1 is 0.354 bits per heavy atom. The van der Waals surface area contributed by atoms with Crippen LogP contribution in [0.25, 0.3) is 0 Å². The minimum Gasteiger partial charge on any atom is -0.394 e. The van der Waals surface area contributed by atoms with Gasteiger partial charge in [-0.2, -0.15) is 0 Å². The van der Waals surface area contributed by atoms with Crippen molar-refractivity contribution in [3.63, 3.8) is 0 Å². The molecule has 0 amide bonds. The number of aliphatic hydroxyl groups is 2. The SMILES string of the molecule is OC[C@H]1O[C@H](O[C@H]2[C@H](OCc3ccccc3)[C@@H](OCc3ccccc3)[C@@H](O)O[C@@H]2COCc2ccccc2)[C@H](OCc2ccccc2)[C@@H](OCc2ccccc2)[C@@H]1OCc1ccccc1. The topological polar surface area (TPSA) is 124 Å². The number of ether oxygens (including phenoxy) is 9. The van der Waals surface area contributed by atoms with Gasteiger partial charge >= 0.3 is 0 Å². The number of hydrogen-bond acceptors (Lipinski definition) is 11. The summed E-state index contributed by atoms with van der Waals surface area (Å²) < 4.78 is 60.4. The van der Waals surface area contributed by atoms with Crippen LogP contribution in [0.1, 0.15) is 33.4 Å². The summed E-state index contributed by atoms with van der Waals surface area (Å²) in [4.78, 5) is 0. The van der Waals surface area contributed by atoms with Crippen LogP contribution in [0.4, 0.5) is 0 Å². The minimum atomic E-state index is -1.41. The van der Waals surface area contributed by atoms with E-state index >= 15 is 0 Å². The van der Waals surface area contributed by atoms with E-state index < -0.39 is 68.0 Å². The highest BCUT2D eigenvalue weighted by Gasteiger charge is 2.54. The fraction of sp³-hybridized carbons (Fsp3) is 0.333. The lowest BCUT2D eigenvalue weighted by Gasteiger charge is -2.49. The maximum Gasteiger partial charge on any atom is 0.187 e. The maximum absolute atomic E-state index is 11.8. The Morgan fingerprint density at radius 3 is 1.09 bits per heavy atom. The minimum absolute atomic E-state index is 0.0235. The maximum atomic E-state index is 11.8. The largest absolute Gasteiger partial charge is 0.394 e. The van der Waals surface area contributed by atoms with Gasteiger partial charge in [0, 0.05) is 0 Å². The van der Waals surface area contributed by atoms with Crippen molar-refractivity contribution < 1.29 is 52.8 Å². The Labute approximate surface area is 381 Å². The predicted molar refractivity (Wildman–Crippen MR) is 243 cm³/mol. The van der Waals surface area contributed by atoms with Crippen LogP contribution in [0.2, 0.25) is 0 Å². The quantitative estimate of drug-likeness (QED) is 0.0691. The molecular formula is C54H58O11. The lowest BCUT2D eigenvalue weighted by atomic mass is 9.95. The molecule has 2 N–H and O–H groups in total. The van der Waals surface area contributed by atoms with E-state index in [1.54, 1.807) is 0 Å². The van der Waals surface area contributed by atoms with Crippen LogP contribution in [0.3, 0.4) is 0 Å². The second kappa shape index (κ2) is 24.4. The van der Waals surface area contributed by atoms with Crippen molar-refractivity contribution in [3.05, 3.63) is 215 Å². The van der Waals surface area contributed by atoms with Crippen molar-refractivity contribution in [3.8, 4) is 0 Å². The van der Waals surface area contributed by atoms with Gasteiger partial charge in [-0.05, 0) is 33.4 Å². The van der Waals surface area contributed by atoms with Crippen molar-refractivity contribution in [1.29, 1.82) is 0 Å². The number of aliphatic hydroxyl groups excluding tert-OH is 2. The van der Waals surface area contributed by atoms with Gasteiger partial charge in [-0.15, -0.1) is 0 Å². The Morgan fingerprint density at radius 2 is 0.692 bits per heavy atom. The van der Waals surface area contributed by atoms with E-state index in [0.29, 0.717) is 0 Å². The Kier molecular flexibility index (Phi) is 17.4. The van der Waals surface area contributed by atoms with Crippen LogP contribution < -0.4 is 0 Å². The Balaban J connectivity index is 1.15. The predicted octanol–water partition coefficient (Wildman–Crippen LogP) is 7.95. The molecule has 10 atom stereocenters. The van der Waals surface area contributed by atoms with E-state index in [-0.39, 0.29) is 46.2 Å². The summed E-state index contributed by atoms with van der Waals surface area (Å²) in [6.45, 7) is 0.902. The average Bonchev–Trinajstić information content (AvgIpc) is 3.36. The summed E-state index contributed by atoms with van der Waals surface area (Å²) in [6.07, 6.45) is -9.79. The van der Waals surface area contributed by atoms with Crippen molar-refractivity contribution in [1.82, 2.24) is 0 Å². The second-order valence-corrected chi connectivity index (χ2v) is 16.2. The Bertz CT molecular complexity index is 2210. The van der Waals surface area contributed by atoms with Crippen LogP contribution in [0.5, 0.6) is 0 Å². The van der Waals surface area contributed by atoms with E-state index in [1.165, 1.54) is 0 Å². The van der Waals surface area contributed by atoms with Gasteiger partial charge in [0.25, 0.3) is 0 Å². The first-order valence-electron chi connectivity index (χ1n) is 22.3. The third-order valence-corrected chi connectivity index (χ3v) is 11.5. The summed E-state index contributed by atoms with van der Waals surface area (Å²) in [5.41, 5.74) is 5.60. The van der Waals surface area contributed by atoms with Gasteiger partial charge in [0.1, 0.15) is 48.8 Å². The fourth-order valence-electron chi connectivity index (χ4n) is 8.12. The van der Waals surface area contributed by atoms with Crippen LogP contribution in [0.15, 0.2) is 182 Å². The molecule has 0 spiro atoms. The van der Waals surface area contributed by atoms with Crippen molar-refractivity contribution in [2.45, 2.75) is 101 Å². The zero-order valence-corrected chi connectivity index (χ0v) is 36.3. The normalized spacial score (nSPS) is 25.6. The molecule has 11 heteroatoms. The number of benzene rings is 6. The summed E-state index contributed by atoms with van der Waals surface area (Å²) in [5.74, 6) is 0. The van der Waals surface area contributed by atoms with Crippen molar-refractivity contribution in [2.75, 3.05) is 13.2 Å². The van der Waals surface area contributed by atoms with E-state index in [0.717, 1.165) is 33.4 Å². The summed E-state index contributed by atoms with van der Waals surface area (Å²) in [7, 11) is 0. The molecule has 6 aromatic rings. The van der Waals surface area contributed by atoms with Gasteiger partial charge in [-0.25, -0.2) is 0 Å². The van der Waals surface area contributed by atoms with E-state index in [9.17, 15) is 10.2 Å². The monoisotopic (exact) mass is 882 g/mol. The first-order valence-corrected chi connectivity index (χ1v) is 22.3. The first kappa shape index (κ1) is 46.4. The molecule has 2 heterocycles. The van der Waals surface area contributed by atoms with Gasteiger partial charge in [0.2, 0.25) is 0 Å². The zero-order valence-electron chi connectivity index (χ0n) is 36.3. The van der Waals surface area contributed by atoms with Gasteiger partial charge in [-0.1, -0.05) is 182 Å². The molecule has 0 aliphatic carbocycles. The third kappa shape index (κ3) is 13.3. The molecule has 2 fully saturated rings. The molecule has 11 nitrogen and oxygen atoms in total. The molecular weight excluding hydrogens is 825 g/mol. The second-order valence-electron chi connectivity index (χ2n) is 16.2. The van der Waals surface area contributed by atoms with E-state index in [1.807, 2.05) is 182 Å². The highest BCUT2D eigenvalue weighted by Crippen LogP contribution is 2.36. The molecule has 0 unspecified atom stereocenters. The molecule has 0 aromatic heterocycles. The molecule has 0 radical (unpaired) electrons. The highest BCUT2D eigenvalue weighted by molar-refractivity contribution is 5.18. The smallest absolute Gasteiger partial charge is 0.187 e. The molecule has 340 valence electrons. The molecule has 2 saturated heterocycles. The third-order valence-electron chi connectivity index (χ3n) is 11.5. The van der Waals surface area contributed by atoms with E-state index in [2.05, 4.69) is 0 Å². The fourth-order valence-corrected chi connectivity index (χ4v) is 8.12. The first-order chi connectivity index (χ1) is 32.1. The standard InChI is InChI=1S/C54H58O11/c55-31-45-47(58-33-40-21-9-2-10-22-40)49(59-34-41-23-11-3-12-24-41)52(62-37-44-29-17-6-18-30-44)54(64-45)65-48-46(38-57-32-39-19-7-1-8-20-39)63-53(56)51(61-36-43-27-15-5-16-28-43)50(48)60-35-42-25-13-4-14-26-42/h1-30,45-56H,31-38H2/t45-,46-,47-,48-,49+,50+,51-,52-,53+,54-/m1/s1. The highest BCUT2D eigenvalue weighted by atomic mass is 16.7. The summed E-state index contributed by atoms with van der Waals surface area (Å²) >= 11 is 0.